The lowest BCUT2D eigenvalue weighted by Crippen LogP contribution is -2.35. The summed E-state index contributed by atoms with van der Waals surface area (Å²) in [6.45, 7) is 7.00. The zero-order valence-electron chi connectivity index (χ0n) is 16.2. The topological polar surface area (TPSA) is 60.2 Å². The summed E-state index contributed by atoms with van der Waals surface area (Å²) in [7, 11) is 0. The second-order valence-corrected chi connectivity index (χ2v) is 9.15. The van der Waals surface area contributed by atoms with E-state index in [0.717, 1.165) is 29.8 Å². The smallest absolute Gasteiger partial charge is 0.410 e. The number of carbonyl (C=O) groups is 1. The van der Waals surface area contributed by atoms with E-state index < -0.39 is 5.60 Å². The van der Waals surface area contributed by atoms with Crippen molar-refractivity contribution in [1.82, 2.24) is 19.4 Å². The second-order valence-electron chi connectivity index (χ2n) is 8.79. The lowest BCUT2D eigenvalue weighted by atomic mass is 9.81. The third-order valence-corrected chi connectivity index (χ3v) is 5.87. The molecule has 146 valence electrons. The minimum atomic E-state index is -0.480. The Morgan fingerprint density at radius 2 is 2.07 bits per heavy atom. The molecule has 2 aromatic heterocycles. The molecule has 1 unspecified atom stereocenters. The van der Waals surface area contributed by atoms with Crippen LogP contribution < -0.4 is 0 Å². The van der Waals surface area contributed by atoms with E-state index >= 15 is 0 Å². The van der Waals surface area contributed by atoms with Crippen molar-refractivity contribution in [3.63, 3.8) is 0 Å². The van der Waals surface area contributed by atoms with Gasteiger partial charge in [0.25, 0.3) is 0 Å². The fourth-order valence-electron chi connectivity index (χ4n) is 4.02. The van der Waals surface area contributed by atoms with Crippen LogP contribution in [0.15, 0.2) is 12.5 Å². The molecular formula is C20H27ClN4O2. The Hall–Kier alpha value is -1.82. The minimum absolute atomic E-state index is 0.182. The van der Waals surface area contributed by atoms with Crippen LogP contribution in [0.5, 0.6) is 0 Å². The van der Waals surface area contributed by atoms with Crippen LogP contribution in [0.4, 0.5) is 4.79 Å². The lowest BCUT2D eigenvalue weighted by molar-refractivity contribution is 0.0289. The van der Waals surface area contributed by atoms with E-state index in [-0.39, 0.29) is 12.1 Å². The molecule has 1 aliphatic heterocycles. The number of ether oxygens (including phenoxy) is 1. The predicted molar refractivity (Wildman–Crippen MR) is 105 cm³/mol. The molecule has 0 bridgehead atoms. The fourth-order valence-corrected chi connectivity index (χ4v) is 4.27. The predicted octanol–water partition coefficient (Wildman–Crippen LogP) is 4.61. The Kier molecular flexibility index (Phi) is 4.78. The molecule has 7 heteroatoms. The van der Waals surface area contributed by atoms with Gasteiger partial charge in [-0.05, 0) is 45.1 Å². The Bertz CT molecular complexity index is 854. The number of aromatic nitrogens is 3. The molecule has 6 nitrogen and oxygen atoms in total. The first kappa shape index (κ1) is 18.5. The number of fused-ring (bicyclic) bond motifs is 1. The number of carbonyl (C=O) groups excluding carboxylic acids is 1. The van der Waals surface area contributed by atoms with Crippen molar-refractivity contribution in [2.75, 3.05) is 13.1 Å². The van der Waals surface area contributed by atoms with Crippen LogP contribution in [0.2, 0.25) is 5.15 Å². The summed E-state index contributed by atoms with van der Waals surface area (Å²) >= 11 is 6.43. The Morgan fingerprint density at radius 3 is 2.74 bits per heavy atom. The van der Waals surface area contributed by atoms with Gasteiger partial charge in [-0.2, -0.15) is 0 Å². The van der Waals surface area contributed by atoms with Crippen molar-refractivity contribution in [2.45, 2.75) is 64.5 Å². The Morgan fingerprint density at radius 1 is 1.30 bits per heavy atom. The average molecular weight is 391 g/mol. The van der Waals surface area contributed by atoms with Gasteiger partial charge in [0, 0.05) is 19.3 Å². The molecule has 0 N–H and O–H groups in total. The van der Waals surface area contributed by atoms with Gasteiger partial charge in [0.1, 0.15) is 22.7 Å². The maximum Gasteiger partial charge on any atom is 0.410 e. The molecule has 1 saturated carbocycles. The summed E-state index contributed by atoms with van der Waals surface area (Å²) in [5.41, 5.74) is 1.63. The number of nitrogens with zero attached hydrogens (tertiary/aromatic N) is 4. The Labute approximate surface area is 164 Å². The van der Waals surface area contributed by atoms with E-state index in [9.17, 15) is 4.79 Å². The highest BCUT2D eigenvalue weighted by atomic mass is 35.5. The maximum atomic E-state index is 12.4. The zero-order valence-corrected chi connectivity index (χ0v) is 17.0. The third-order valence-electron chi connectivity index (χ3n) is 5.58. The molecular weight excluding hydrogens is 364 g/mol. The molecule has 27 heavy (non-hydrogen) atoms. The van der Waals surface area contributed by atoms with Crippen molar-refractivity contribution in [3.05, 3.63) is 23.2 Å². The summed E-state index contributed by atoms with van der Waals surface area (Å²) in [5, 5.41) is 1.50. The van der Waals surface area contributed by atoms with E-state index in [2.05, 4.69) is 20.7 Å². The summed E-state index contributed by atoms with van der Waals surface area (Å²) < 4.78 is 7.72. The van der Waals surface area contributed by atoms with Gasteiger partial charge in [-0.15, -0.1) is 0 Å². The number of halogens is 1. The summed E-state index contributed by atoms with van der Waals surface area (Å²) in [5.74, 6) is 0.738. The molecule has 2 aliphatic rings. The van der Waals surface area contributed by atoms with Crippen LogP contribution in [-0.2, 0) is 11.2 Å². The van der Waals surface area contributed by atoms with E-state index in [4.69, 9.17) is 16.3 Å². The van der Waals surface area contributed by atoms with Gasteiger partial charge in [-0.1, -0.05) is 30.9 Å². The van der Waals surface area contributed by atoms with E-state index in [1.165, 1.54) is 31.2 Å². The van der Waals surface area contributed by atoms with Gasteiger partial charge >= 0.3 is 6.09 Å². The van der Waals surface area contributed by atoms with E-state index in [0.29, 0.717) is 18.2 Å². The highest BCUT2D eigenvalue weighted by molar-refractivity contribution is 6.34. The molecule has 1 amide bonds. The first-order chi connectivity index (χ1) is 12.8. The normalized spacial score (nSPS) is 20.9. The van der Waals surface area contributed by atoms with Crippen LogP contribution in [0.3, 0.4) is 0 Å². The van der Waals surface area contributed by atoms with Gasteiger partial charge in [0.15, 0.2) is 0 Å². The highest BCUT2D eigenvalue weighted by Gasteiger charge is 2.32. The SMILES string of the molecule is CC(C)(C)OC(=O)N1CCC(n2cc(CC3CCC3)c3c(Cl)ncnc32)C1. The summed E-state index contributed by atoms with van der Waals surface area (Å²) in [4.78, 5) is 22.9. The quantitative estimate of drug-likeness (QED) is 0.718. The van der Waals surface area contributed by atoms with Crippen LogP contribution in [-0.4, -0.2) is 44.2 Å². The molecule has 2 aromatic rings. The first-order valence-corrected chi connectivity index (χ1v) is 10.2. The maximum absolute atomic E-state index is 12.4. The largest absolute Gasteiger partial charge is 0.444 e. The third kappa shape index (κ3) is 3.77. The average Bonchev–Trinajstić information content (AvgIpc) is 3.14. The zero-order chi connectivity index (χ0) is 19.2. The number of amides is 1. The van der Waals surface area contributed by atoms with Crippen molar-refractivity contribution in [2.24, 2.45) is 5.92 Å². The molecule has 1 saturated heterocycles. The number of hydrogen-bond acceptors (Lipinski definition) is 4. The first-order valence-electron chi connectivity index (χ1n) is 9.79. The van der Waals surface area contributed by atoms with Crippen LogP contribution in [0.25, 0.3) is 11.0 Å². The molecule has 1 atom stereocenters. The van der Waals surface area contributed by atoms with Gasteiger partial charge in [0.05, 0.1) is 11.4 Å². The van der Waals surface area contributed by atoms with E-state index in [1.807, 2.05) is 20.8 Å². The van der Waals surface area contributed by atoms with Crippen molar-refractivity contribution in [3.8, 4) is 0 Å². The number of rotatable bonds is 3. The van der Waals surface area contributed by atoms with Crippen molar-refractivity contribution < 1.29 is 9.53 Å². The lowest BCUT2D eigenvalue weighted by Gasteiger charge is -2.25. The van der Waals surface area contributed by atoms with Gasteiger partial charge in [0.2, 0.25) is 0 Å². The van der Waals surface area contributed by atoms with Crippen molar-refractivity contribution >= 4 is 28.7 Å². The summed E-state index contributed by atoms with van der Waals surface area (Å²) in [6.07, 6.45) is 9.26. The molecule has 0 aromatic carbocycles. The molecule has 1 aliphatic carbocycles. The highest BCUT2D eigenvalue weighted by Crippen LogP contribution is 2.36. The summed E-state index contributed by atoms with van der Waals surface area (Å²) in [6, 6.07) is 0.182. The molecule has 0 radical (unpaired) electrons. The number of hydrogen-bond donors (Lipinski definition) is 0. The molecule has 2 fully saturated rings. The van der Waals surface area contributed by atoms with Gasteiger partial charge < -0.3 is 14.2 Å². The van der Waals surface area contributed by atoms with Crippen LogP contribution in [0, 0.1) is 5.92 Å². The van der Waals surface area contributed by atoms with Crippen LogP contribution >= 0.6 is 11.6 Å². The molecule has 4 rings (SSSR count). The molecule has 0 spiro atoms. The second kappa shape index (κ2) is 6.97. The van der Waals surface area contributed by atoms with Crippen molar-refractivity contribution in [1.29, 1.82) is 0 Å². The van der Waals surface area contributed by atoms with E-state index in [1.54, 1.807) is 4.90 Å². The Balaban J connectivity index is 1.59. The van der Waals surface area contributed by atoms with Gasteiger partial charge in [-0.25, -0.2) is 14.8 Å². The number of likely N-dealkylation sites (tertiary alicyclic amines) is 1. The molecule has 3 heterocycles. The minimum Gasteiger partial charge on any atom is -0.444 e. The van der Waals surface area contributed by atoms with Gasteiger partial charge in [-0.3, -0.25) is 0 Å². The standard InChI is InChI=1S/C20H27ClN4O2/c1-20(2,3)27-19(26)24-8-7-15(11-24)25-10-14(9-13-5-4-6-13)16-17(21)22-12-23-18(16)25/h10,12-13,15H,4-9,11H2,1-3H3. The fraction of sp³-hybridized carbons (Fsp3) is 0.650. The van der Waals surface area contributed by atoms with Crippen LogP contribution in [0.1, 0.15) is 58.1 Å². The monoisotopic (exact) mass is 390 g/mol.